The molecule has 26 heavy (non-hydrogen) atoms. The van der Waals surface area contributed by atoms with Crippen LogP contribution < -0.4 is 9.64 Å². The summed E-state index contributed by atoms with van der Waals surface area (Å²) in [6.45, 7) is 2.04. The van der Waals surface area contributed by atoms with E-state index in [9.17, 15) is 5.11 Å². The minimum atomic E-state index is -0.112. The highest BCUT2D eigenvalue weighted by molar-refractivity contribution is 9.10. The summed E-state index contributed by atoms with van der Waals surface area (Å²) in [7, 11) is 1.56. The van der Waals surface area contributed by atoms with Crippen molar-refractivity contribution in [1.82, 2.24) is 9.38 Å². The number of anilines is 1. The van der Waals surface area contributed by atoms with Crippen LogP contribution in [0, 0.1) is 0 Å². The zero-order valence-electron chi connectivity index (χ0n) is 14.4. The summed E-state index contributed by atoms with van der Waals surface area (Å²) in [5.41, 5.74) is 4.33. The molecule has 1 saturated heterocycles. The van der Waals surface area contributed by atoms with Gasteiger partial charge in [0.2, 0.25) is 0 Å². The third-order valence-corrected chi connectivity index (χ3v) is 5.70. The van der Waals surface area contributed by atoms with Crippen LogP contribution >= 0.6 is 27.5 Å². The molecule has 0 unspecified atom stereocenters. The largest absolute Gasteiger partial charge is 0.495 e. The Hall–Kier alpha value is -1.76. The summed E-state index contributed by atoms with van der Waals surface area (Å²) < 4.78 is 8.28. The molecule has 0 aliphatic carbocycles. The summed E-state index contributed by atoms with van der Waals surface area (Å²) in [4.78, 5) is 7.14. The average Bonchev–Trinajstić information content (AvgIpc) is 3.30. The van der Waals surface area contributed by atoms with E-state index in [2.05, 4.69) is 26.9 Å². The van der Waals surface area contributed by atoms with E-state index in [1.54, 1.807) is 19.2 Å². The summed E-state index contributed by atoms with van der Waals surface area (Å²) in [5, 5.41) is 10.2. The van der Waals surface area contributed by atoms with Crippen molar-refractivity contribution in [1.29, 1.82) is 0 Å². The number of halogens is 2. The Morgan fingerprint density at radius 2 is 2.00 bits per heavy atom. The maximum absolute atomic E-state index is 9.75. The van der Waals surface area contributed by atoms with Crippen LogP contribution in [0.2, 0.25) is 5.02 Å². The molecule has 5 nitrogen and oxygen atoms in total. The molecule has 0 bridgehead atoms. The number of benzene rings is 1. The maximum atomic E-state index is 9.75. The zero-order chi connectivity index (χ0) is 18.3. The van der Waals surface area contributed by atoms with E-state index >= 15 is 0 Å². The predicted molar refractivity (Wildman–Crippen MR) is 107 cm³/mol. The van der Waals surface area contributed by atoms with E-state index < -0.39 is 0 Å². The Bertz CT molecular complexity index is 967. The van der Waals surface area contributed by atoms with Gasteiger partial charge in [0.05, 0.1) is 34.6 Å². The molecule has 4 rings (SSSR count). The fourth-order valence-electron chi connectivity index (χ4n) is 3.45. The lowest BCUT2D eigenvalue weighted by Crippen LogP contribution is -2.18. The van der Waals surface area contributed by atoms with Crippen LogP contribution in [0.25, 0.3) is 16.9 Å². The number of fused-ring (bicyclic) bond motifs is 1. The molecular weight excluding hydrogens is 418 g/mol. The number of ether oxygens (including phenoxy) is 1. The standard InChI is InChI=1S/C19H19BrClN3O2/c1-26-18-6-12(11-25)13(7-15(18)21)16-10-24-9-14(20)17(8-19(24)22-16)23-4-2-3-5-23/h6-10,25H,2-5,11H2,1H3. The number of aromatic nitrogens is 2. The molecule has 1 aliphatic rings. The van der Waals surface area contributed by atoms with Gasteiger partial charge in [0, 0.05) is 37.1 Å². The fraction of sp³-hybridized carbons (Fsp3) is 0.316. The van der Waals surface area contributed by atoms with Gasteiger partial charge in [-0.15, -0.1) is 0 Å². The zero-order valence-corrected chi connectivity index (χ0v) is 16.7. The minimum Gasteiger partial charge on any atom is -0.495 e. The smallest absolute Gasteiger partial charge is 0.139 e. The van der Waals surface area contributed by atoms with Gasteiger partial charge in [-0.05, 0) is 46.5 Å². The first-order valence-corrected chi connectivity index (χ1v) is 9.68. The molecule has 3 heterocycles. The third kappa shape index (κ3) is 3.06. The Morgan fingerprint density at radius 1 is 1.23 bits per heavy atom. The molecule has 0 spiro atoms. The lowest BCUT2D eigenvalue weighted by molar-refractivity contribution is 0.281. The fourth-order valence-corrected chi connectivity index (χ4v) is 4.28. The number of nitrogens with zero attached hydrogens (tertiary/aromatic N) is 3. The van der Waals surface area contributed by atoms with Gasteiger partial charge in [0.1, 0.15) is 11.4 Å². The lowest BCUT2D eigenvalue weighted by Gasteiger charge is -2.19. The topological polar surface area (TPSA) is 50.0 Å². The van der Waals surface area contributed by atoms with E-state index in [0.717, 1.165) is 40.0 Å². The van der Waals surface area contributed by atoms with Gasteiger partial charge in [-0.1, -0.05) is 11.6 Å². The van der Waals surface area contributed by atoms with Crippen molar-refractivity contribution in [3.63, 3.8) is 0 Å². The molecule has 136 valence electrons. The second kappa shape index (κ2) is 7.10. The van der Waals surface area contributed by atoms with Crippen LogP contribution in [0.5, 0.6) is 5.75 Å². The number of rotatable bonds is 4. The van der Waals surface area contributed by atoms with Gasteiger partial charge in [-0.25, -0.2) is 4.98 Å². The highest BCUT2D eigenvalue weighted by Crippen LogP contribution is 2.35. The van der Waals surface area contributed by atoms with Crippen molar-refractivity contribution in [3.05, 3.63) is 45.7 Å². The van der Waals surface area contributed by atoms with Crippen molar-refractivity contribution in [2.45, 2.75) is 19.4 Å². The van der Waals surface area contributed by atoms with Crippen LogP contribution in [0.3, 0.4) is 0 Å². The van der Waals surface area contributed by atoms with Gasteiger partial charge < -0.3 is 19.1 Å². The Labute approximate surface area is 165 Å². The summed E-state index contributed by atoms with van der Waals surface area (Å²) in [6.07, 6.45) is 6.43. The second-order valence-corrected chi connectivity index (χ2v) is 7.66. The molecule has 3 aromatic rings. The number of imidazole rings is 1. The predicted octanol–water partition coefficient (Wildman–Crippen LogP) is 4.52. The first kappa shape index (κ1) is 17.6. The van der Waals surface area contributed by atoms with E-state index in [4.69, 9.17) is 21.3 Å². The number of hydrogen-bond acceptors (Lipinski definition) is 4. The van der Waals surface area contributed by atoms with Crippen molar-refractivity contribution < 1.29 is 9.84 Å². The van der Waals surface area contributed by atoms with Gasteiger partial charge >= 0.3 is 0 Å². The summed E-state index contributed by atoms with van der Waals surface area (Å²) >= 11 is 9.97. The first-order valence-electron chi connectivity index (χ1n) is 8.51. The first-order chi connectivity index (χ1) is 12.6. The molecule has 0 radical (unpaired) electrons. The van der Waals surface area contributed by atoms with Crippen LogP contribution in [0.15, 0.2) is 35.1 Å². The monoisotopic (exact) mass is 435 g/mol. The molecule has 1 aliphatic heterocycles. The number of pyridine rings is 1. The second-order valence-electron chi connectivity index (χ2n) is 6.39. The van der Waals surface area contributed by atoms with Crippen molar-refractivity contribution in [2.24, 2.45) is 0 Å². The van der Waals surface area contributed by atoms with Crippen LogP contribution in [0.4, 0.5) is 5.69 Å². The van der Waals surface area contributed by atoms with Gasteiger partial charge in [0.15, 0.2) is 0 Å². The summed E-state index contributed by atoms with van der Waals surface area (Å²) in [6, 6.07) is 5.65. The van der Waals surface area contributed by atoms with E-state index in [1.807, 2.05) is 16.8 Å². The molecule has 1 N–H and O–H groups in total. The molecule has 7 heteroatoms. The van der Waals surface area contributed by atoms with Crippen molar-refractivity contribution in [2.75, 3.05) is 25.1 Å². The molecule has 0 saturated carbocycles. The third-order valence-electron chi connectivity index (χ3n) is 4.79. The van der Waals surface area contributed by atoms with E-state index in [1.165, 1.54) is 18.5 Å². The van der Waals surface area contributed by atoms with Gasteiger partial charge in [-0.3, -0.25) is 0 Å². The molecule has 0 atom stereocenters. The molecule has 1 aromatic carbocycles. The van der Waals surface area contributed by atoms with Gasteiger partial charge in [0.25, 0.3) is 0 Å². The molecular formula is C19H19BrClN3O2. The number of hydrogen-bond donors (Lipinski definition) is 1. The quantitative estimate of drug-likeness (QED) is 0.653. The molecule has 1 fully saturated rings. The maximum Gasteiger partial charge on any atom is 0.139 e. The lowest BCUT2D eigenvalue weighted by atomic mass is 10.1. The van der Waals surface area contributed by atoms with Crippen LogP contribution in [0.1, 0.15) is 18.4 Å². The number of aliphatic hydroxyl groups excluding tert-OH is 1. The summed E-state index contributed by atoms with van der Waals surface area (Å²) in [5.74, 6) is 0.544. The minimum absolute atomic E-state index is 0.112. The highest BCUT2D eigenvalue weighted by Gasteiger charge is 2.18. The molecule has 0 amide bonds. The Morgan fingerprint density at radius 3 is 2.69 bits per heavy atom. The highest BCUT2D eigenvalue weighted by atomic mass is 79.9. The van der Waals surface area contributed by atoms with E-state index in [-0.39, 0.29) is 6.61 Å². The SMILES string of the molecule is COc1cc(CO)c(-c2cn3cc(Br)c(N4CCCC4)cc3n2)cc1Cl. The Balaban J connectivity index is 1.82. The normalized spacial score (nSPS) is 14.4. The van der Waals surface area contributed by atoms with E-state index in [0.29, 0.717) is 10.8 Å². The average molecular weight is 437 g/mol. The van der Waals surface area contributed by atoms with Gasteiger partial charge in [-0.2, -0.15) is 0 Å². The van der Waals surface area contributed by atoms with Crippen molar-refractivity contribution >= 4 is 38.9 Å². The number of aliphatic hydroxyl groups is 1. The Kier molecular flexibility index (Phi) is 4.82. The van der Waals surface area contributed by atoms with Crippen molar-refractivity contribution in [3.8, 4) is 17.0 Å². The van der Waals surface area contributed by atoms with Crippen LogP contribution in [-0.4, -0.2) is 34.7 Å². The molecule has 2 aromatic heterocycles. The number of methoxy groups -OCH3 is 1. The van der Waals surface area contributed by atoms with Crippen LogP contribution in [-0.2, 0) is 6.61 Å².